The Hall–Kier alpha value is -1.94. The molecule has 2 aromatic carbocycles. The van der Waals surface area contributed by atoms with E-state index in [2.05, 4.69) is 40.5 Å². The summed E-state index contributed by atoms with van der Waals surface area (Å²) in [4.78, 5) is 1.38. The fourth-order valence-electron chi connectivity index (χ4n) is 2.11. The monoisotopic (exact) mass is 390 g/mol. The van der Waals surface area contributed by atoms with Gasteiger partial charge in [-0.25, -0.2) is 0 Å². The molecule has 27 heavy (non-hydrogen) atoms. The molecule has 0 bridgehead atoms. The summed E-state index contributed by atoms with van der Waals surface area (Å²) in [5, 5.41) is 0. The van der Waals surface area contributed by atoms with Gasteiger partial charge in [-0.2, -0.15) is 0 Å². The largest absolute Gasteiger partial charge is 0.494 e. The molecule has 2 aromatic rings. The van der Waals surface area contributed by atoms with Crippen LogP contribution in [0.25, 0.3) is 0 Å². The van der Waals surface area contributed by atoms with E-state index < -0.39 is 9.52 Å². The quantitative estimate of drug-likeness (QED) is 0.562. The summed E-state index contributed by atoms with van der Waals surface area (Å²) in [5.74, 6) is 5.49. The molecule has 1 unspecified atom stereocenters. The molecule has 0 N–H and O–H groups in total. The van der Waals surface area contributed by atoms with Crippen molar-refractivity contribution < 1.29 is 13.7 Å². The number of hydrogen-bond acceptors (Lipinski definition) is 3. The van der Waals surface area contributed by atoms with E-state index in [9.17, 15) is 4.21 Å². The van der Waals surface area contributed by atoms with Crippen molar-refractivity contribution >= 4 is 15.4 Å². The molecule has 0 radical (unpaired) electrons. The zero-order chi connectivity index (χ0) is 20.5. The van der Waals surface area contributed by atoms with Crippen LogP contribution in [0.15, 0.2) is 58.3 Å². The first-order chi connectivity index (χ1) is 12.6. The van der Waals surface area contributed by atoms with E-state index in [1.54, 1.807) is 0 Å². The highest BCUT2D eigenvalue weighted by atomic mass is 32.2. The van der Waals surface area contributed by atoms with Crippen LogP contribution >= 0.6 is 0 Å². The summed E-state index contributed by atoms with van der Waals surface area (Å²) in [5.41, 5.74) is 0.0980. The molecule has 0 saturated heterocycles. The Bertz CT molecular complexity index is 768. The minimum atomic E-state index is -2.54. The topological polar surface area (TPSA) is 35.5 Å². The van der Waals surface area contributed by atoms with Crippen LogP contribution in [0.2, 0.25) is 0 Å². The van der Waals surface area contributed by atoms with E-state index >= 15 is 0 Å². The smallest absolute Gasteiger partial charge is 0.119 e. The van der Waals surface area contributed by atoms with Crippen LogP contribution in [-0.4, -0.2) is 23.3 Å². The molecule has 0 amide bonds. The van der Waals surface area contributed by atoms with E-state index in [4.69, 9.17) is 9.47 Å². The number of hydrogen-bond donors (Lipinski definition) is 0. The van der Waals surface area contributed by atoms with Crippen molar-refractivity contribution in [2.45, 2.75) is 57.8 Å². The summed E-state index contributed by atoms with van der Waals surface area (Å²) in [6.07, 6.45) is 1.25. The number of ether oxygens (including phenoxy) is 2. The zero-order valence-corrected chi connectivity index (χ0v) is 18.4. The fraction of sp³-hybridized carbons (Fsp3) is 0.435. The SMILES string of the molecule is C=S(=O)(c1ccc(OCC)cc1)c1ccc(OCC(C)(C)C)cc1.CCC. The van der Waals surface area contributed by atoms with Gasteiger partial charge in [0.05, 0.1) is 13.2 Å². The predicted octanol–water partition coefficient (Wildman–Crippen LogP) is 6.06. The Labute approximate surface area is 165 Å². The Balaban J connectivity index is 0.00000114. The highest BCUT2D eigenvalue weighted by Gasteiger charge is 2.13. The average molecular weight is 391 g/mol. The van der Waals surface area contributed by atoms with Gasteiger partial charge in [0, 0.05) is 19.3 Å². The predicted molar refractivity (Wildman–Crippen MR) is 117 cm³/mol. The van der Waals surface area contributed by atoms with E-state index in [1.807, 2.05) is 55.5 Å². The van der Waals surface area contributed by atoms with Crippen molar-refractivity contribution in [1.29, 1.82) is 0 Å². The molecule has 0 aliphatic carbocycles. The van der Waals surface area contributed by atoms with Crippen LogP contribution in [0, 0.1) is 5.41 Å². The summed E-state index contributed by atoms with van der Waals surface area (Å²) < 4.78 is 24.3. The van der Waals surface area contributed by atoms with Crippen molar-refractivity contribution in [2.24, 2.45) is 5.41 Å². The molecule has 3 nitrogen and oxygen atoms in total. The zero-order valence-electron chi connectivity index (χ0n) is 17.6. The van der Waals surface area contributed by atoms with Gasteiger partial charge in [-0.15, -0.1) is 0 Å². The van der Waals surface area contributed by atoms with Crippen molar-refractivity contribution in [1.82, 2.24) is 0 Å². The second-order valence-corrected chi connectivity index (χ2v) is 9.90. The number of rotatable bonds is 6. The lowest BCUT2D eigenvalue weighted by Crippen LogP contribution is -2.16. The molecule has 4 heteroatoms. The second-order valence-electron chi connectivity index (χ2n) is 7.61. The van der Waals surface area contributed by atoms with Gasteiger partial charge in [-0.3, -0.25) is 4.21 Å². The molecule has 150 valence electrons. The van der Waals surface area contributed by atoms with Crippen LogP contribution in [0.5, 0.6) is 11.5 Å². The molecule has 0 saturated carbocycles. The Morgan fingerprint density at radius 2 is 1.19 bits per heavy atom. The Kier molecular flexibility index (Phi) is 8.91. The maximum Gasteiger partial charge on any atom is 0.119 e. The maximum absolute atomic E-state index is 13.1. The Morgan fingerprint density at radius 1 is 0.815 bits per heavy atom. The minimum Gasteiger partial charge on any atom is -0.494 e. The lowest BCUT2D eigenvalue weighted by molar-refractivity contribution is 0.198. The van der Waals surface area contributed by atoms with E-state index in [0.29, 0.717) is 23.0 Å². The molecule has 0 aromatic heterocycles. The molecule has 0 spiro atoms. The molecule has 0 aliphatic heterocycles. The molecule has 1 atom stereocenters. The van der Waals surface area contributed by atoms with Crippen molar-refractivity contribution in [3.63, 3.8) is 0 Å². The molecule has 0 heterocycles. The Morgan fingerprint density at radius 3 is 1.52 bits per heavy atom. The first-order valence-corrected chi connectivity index (χ1v) is 11.2. The minimum absolute atomic E-state index is 0.0980. The third-order valence-corrected chi connectivity index (χ3v) is 5.46. The van der Waals surface area contributed by atoms with Crippen molar-refractivity contribution in [3.05, 3.63) is 48.5 Å². The van der Waals surface area contributed by atoms with Gasteiger partial charge in [0.25, 0.3) is 0 Å². The maximum atomic E-state index is 13.1. The summed E-state index contributed by atoms with van der Waals surface area (Å²) in [6.45, 7) is 13.8. The van der Waals surface area contributed by atoms with Crippen molar-refractivity contribution in [3.8, 4) is 11.5 Å². The van der Waals surface area contributed by atoms with Gasteiger partial charge in [0.1, 0.15) is 11.5 Å². The number of benzene rings is 2. The van der Waals surface area contributed by atoms with Gasteiger partial charge in [0.2, 0.25) is 0 Å². The average Bonchev–Trinajstić information content (AvgIpc) is 2.61. The third kappa shape index (κ3) is 7.67. The first-order valence-electron chi connectivity index (χ1n) is 9.47. The van der Waals surface area contributed by atoms with E-state index in [-0.39, 0.29) is 5.41 Å². The summed E-state index contributed by atoms with van der Waals surface area (Å²) in [6, 6.07) is 14.6. The third-order valence-electron chi connectivity index (χ3n) is 3.39. The van der Waals surface area contributed by atoms with Crippen LogP contribution < -0.4 is 9.47 Å². The standard InChI is InChI=1S/C20H26O3S.C3H8/c1-6-22-16-7-11-18(12-8-16)24(5,21)19-13-9-17(10-14-19)23-15-20(2,3)4;1-3-2/h7-14H,5-6,15H2,1-4H3;3H2,1-2H3. The van der Waals surface area contributed by atoms with Gasteiger partial charge >= 0.3 is 0 Å². The van der Waals surface area contributed by atoms with Crippen LogP contribution in [0.4, 0.5) is 0 Å². The lowest BCUT2D eigenvalue weighted by Gasteiger charge is -2.19. The van der Waals surface area contributed by atoms with Gasteiger partial charge in [-0.05, 0) is 66.7 Å². The van der Waals surface area contributed by atoms with E-state index in [1.165, 1.54) is 6.42 Å². The molecule has 0 fully saturated rings. The van der Waals surface area contributed by atoms with Crippen molar-refractivity contribution in [2.75, 3.05) is 13.2 Å². The normalized spacial score (nSPS) is 13.1. The highest BCUT2D eigenvalue weighted by molar-refractivity contribution is 8.00. The lowest BCUT2D eigenvalue weighted by atomic mass is 9.99. The summed E-state index contributed by atoms with van der Waals surface area (Å²) >= 11 is 0. The van der Waals surface area contributed by atoms with E-state index in [0.717, 1.165) is 11.5 Å². The van der Waals surface area contributed by atoms with Crippen LogP contribution in [0.1, 0.15) is 48.0 Å². The molecule has 2 rings (SSSR count). The molecule has 0 aliphatic rings. The summed E-state index contributed by atoms with van der Waals surface area (Å²) in [7, 11) is -2.54. The molecular formula is C23H34O3S. The first kappa shape index (κ1) is 23.1. The van der Waals surface area contributed by atoms with Crippen LogP contribution in [0.3, 0.4) is 0 Å². The molecular weight excluding hydrogens is 356 g/mol. The van der Waals surface area contributed by atoms with Crippen LogP contribution in [-0.2, 0) is 9.52 Å². The fourth-order valence-corrected chi connectivity index (χ4v) is 3.54. The van der Waals surface area contributed by atoms with Gasteiger partial charge in [0.15, 0.2) is 0 Å². The second kappa shape index (κ2) is 10.4. The van der Waals surface area contributed by atoms with Gasteiger partial charge < -0.3 is 9.47 Å². The van der Waals surface area contributed by atoms with Gasteiger partial charge in [-0.1, -0.05) is 41.0 Å². The highest BCUT2D eigenvalue weighted by Crippen LogP contribution is 2.25.